The van der Waals surface area contributed by atoms with Crippen molar-refractivity contribution in [2.24, 2.45) is 5.73 Å². The summed E-state index contributed by atoms with van der Waals surface area (Å²) >= 11 is 0. The molecule has 0 fully saturated rings. The Kier molecular flexibility index (Phi) is 9.68. The van der Waals surface area contributed by atoms with Crippen molar-refractivity contribution in [1.82, 2.24) is 10.2 Å². The zero-order chi connectivity index (χ0) is 29.4. The lowest BCUT2D eigenvalue weighted by Crippen LogP contribution is -2.54. The summed E-state index contributed by atoms with van der Waals surface area (Å²) in [5, 5.41) is 26.7. The molecule has 3 aromatic rings. The number of benzene rings is 3. The minimum absolute atomic E-state index is 0.0596. The highest BCUT2D eigenvalue weighted by molar-refractivity contribution is 6.01. The molecule has 0 aliphatic carbocycles. The number of ether oxygens (including phenoxy) is 1. The van der Waals surface area contributed by atoms with Crippen LogP contribution in [0.3, 0.4) is 0 Å². The second-order valence-corrected chi connectivity index (χ2v) is 10.2. The molecule has 0 spiro atoms. The van der Waals surface area contributed by atoms with E-state index < -0.39 is 54.5 Å². The number of aliphatic hydroxyl groups is 1. The van der Waals surface area contributed by atoms with Crippen LogP contribution in [0.5, 0.6) is 5.75 Å². The second-order valence-electron chi connectivity index (χ2n) is 10.2. The standard InChI is InChI=1S/C29H34N4O7/c1-29(2,3)40-28(39)32-23(17-24(30)36)27(38)33(14-15-34)25(19-9-12-22(35)13-10-19)26(37)31-21-11-8-18-6-4-5-7-20(18)16-21/h4-13,16,23,25,34-35H,14-15,17H2,1-3H3,(H2,30,36)(H,31,37)(H,32,39). The molecule has 2 unspecified atom stereocenters. The Hall–Kier alpha value is -4.64. The first-order valence-electron chi connectivity index (χ1n) is 12.7. The number of aliphatic hydroxyl groups excluding tert-OH is 1. The summed E-state index contributed by atoms with van der Waals surface area (Å²) < 4.78 is 5.23. The third-order valence-electron chi connectivity index (χ3n) is 5.80. The molecule has 6 N–H and O–H groups in total. The third-order valence-corrected chi connectivity index (χ3v) is 5.80. The Bertz CT molecular complexity index is 1370. The quantitative estimate of drug-likeness (QED) is 0.258. The van der Waals surface area contributed by atoms with Crippen molar-refractivity contribution in [3.63, 3.8) is 0 Å². The predicted octanol–water partition coefficient (Wildman–Crippen LogP) is 2.81. The van der Waals surface area contributed by atoms with Crippen LogP contribution in [0.15, 0.2) is 66.7 Å². The SMILES string of the molecule is CC(C)(C)OC(=O)NC(CC(N)=O)C(=O)N(CCO)C(C(=O)Nc1ccc2ccccc2c1)c1ccc(O)cc1. The number of anilines is 1. The van der Waals surface area contributed by atoms with Crippen LogP contribution < -0.4 is 16.4 Å². The van der Waals surface area contributed by atoms with Gasteiger partial charge in [-0.15, -0.1) is 0 Å². The molecule has 2 atom stereocenters. The van der Waals surface area contributed by atoms with Crippen LogP contribution in [0.1, 0.15) is 38.8 Å². The number of aromatic hydroxyl groups is 1. The van der Waals surface area contributed by atoms with Gasteiger partial charge in [0.15, 0.2) is 0 Å². The van der Waals surface area contributed by atoms with E-state index in [0.717, 1.165) is 15.7 Å². The van der Waals surface area contributed by atoms with Crippen molar-refractivity contribution in [1.29, 1.82) is 0 Å². The highest BCUT2D eigenvalue weighted by atomic mass is 16.6. The van der Waals surface area contributed by atoms with E-state index in [4.69, 9.17) is 10.5 Å². The van der Waals surface area contributed by atoms with Gasteiger partial charge in [0.1, 0.15) is 23.4 Å². The summed E-state index contributed by atoms with van der Waals surface area (Å²) in [6.07, 6.45) is -1.54. The maximum atomic E-state index is 13.8. The van der Waals surface area contributed by atoms with Crippen molar-refractivity contribution in [2.45, 2.75) is 44.9 Å². The van der Waals surface area contributed by atoms with Crippen molar-refractivity contribution >= 4 is 40.3 Å². The van der Waals surface area contributed by atoms with Gasteiger partial charge in [-0.3, -0.25) is 14.4 Å². The molecule has 0 saturated carbocycles. The fraction of sp³-hybridized carbons (Fsp3) is 0.310. The highest BCUT2D eigenvalue weighted by Gasteiger charge is 2.37. The van der Waals surface area contributed by atoms with Crippen LogP contribution in [0.4, 0.5) is 10.5 Å². The number of fused-ring (bicyclic) bond motifs is 1. The molecule has 3 rings (SSSR count). The number of rotatable bonds is 10. The van der Waals surface area contributed by atoms with Gasteiger partial charge in [0.2, 0.25) is 11.8 Å². The van der Waals surface area contributed by atoms with Gasteiger partial charge in [0.05, 0.1) is 13.0 Å². The first kappa shape index (κ1) is 29.9. The van der Waals surface area contributed by atoms with Gasteiger partial charge in [-0.2, -0.15) is 0 Å². The van der Waals surface area contributed by atoms with Crippen molar-refractivity contribution in [3.8, 4) is 5.75 Å². The molecule has 212 valence electrons. The average Bonchev–Trinajstić information content (AvgIpc) is 2.87. The Morgan fingerprint density at radius 3 is 2.23 bits per heavy atom. The normalized spacial score (nSPS) is 12.7. The zero-order valence-electron chi connectivity index (χ0n) is 22.6. The molecule has 0 saturated heterocycles. The van der Waals surface area contributed by atoms with Crippen molar-refractivity contribution in [2.75, 3.05) is 18.5 Å². The molecule has 0 aliphatic rings. The predicted molar refractivity (Wildman–Crippen MR) is 149 cm³/mol. The largest absolute Gasteiger partial charge is 0.508 e. The number of nitrogens with zero attached hydrogens (tertiary/aromatic N) is 1. The summed E-state index contributed by atoms with van der Waals surface area (Å²) in [6, 6.07) is 15.7. The third kappa shape index (κ3) is 8.18. The Morgan fingerprint density at radius 2 is 1.62 bits per heavy atom. The number of phenolic OH excluding ortho intramolecular Hbond substituents is 1. The van der Waals surface area contributed by atoms with E-state index in [1.807, 2.05) is 30.3 Å². The molecule has 0 aromatic heterocycles. The Balaban J connectivity index is 1.99. The number of amides is 4. The molecule has 0 bridgehead atoms. The molecular weight excluding hydrogens is 516 g/mol. The van der Waals surface area contributed by atoms with Crippen molar-refractivity contribution < 1.29 is 34.1 Å². The number of nitrogens with two attached hydrogens (primary N) is 1. The summed E-state index contributed by atoms with van der Waals surface area (Å²) in [7, 11) is 0. The fourth-order valence-corrected chi connectivity index (χ4v) is 4.13. The first-order chi connectivity index (χ1) is 18.9. The van der Waals surface area contributed by atoms with Crippen LogP contribution >= 0.6 is 0 Å². The van der Waals surface area contributed by atoms with E-state index in [-0.39, 0.29) is 12.3 Å². The van der Waals surface area contributed by atoms with Gasteiger partial charge in [-0.25, -0.2) is 4.79 Å². The van der Waals surface area contributed by atoms with Gasteiger partial charge in [-0.1, -0.05) is 42.5 Å². The summed E-state index contributed by atoms with van der Waals surface area (Å²) in [5.74, 6) is -2.40. The first-order valence-corrected chi connectivity index (χ1v) is 12.7. The number of hydrogen-bond acceptors (Lipinski definition) is 7. The lowest BCUT2D eigenvalue weighted by molar-refractivity contribution is -0.142. The molecular formula is C29H34N4O7. The fourth-order valence-electron chi connectivity index (χ4n) is 4.13. The minimum Gasteiger partial charge on any atom is -0.508 e. The van der Waals surface area contributed by atoms with Crippen LogP contribution in [-0.2, 0) is 19.1 Å². The minimum atomic E-state index is -1.48. The van der Waals surface area contributed by atoms with E-state index >= 15 is 0 Å². The molecule has 40 heavy (non-hydrogen) atoms. The topological polar surface area (TPSA) is 171 Å². The second kappa shape index (κ2) is 12.9. The summed E-state index contributed by atoms with van der Waals surface area (Å²) in [6.45, 7) is 4.05. The van der Waals surface area contributed by atoms with Gasteiger partial charge in [-0.05, 0) is 61.4 Å². The maximum absolute atomic E-state index is 13.8. The number of carbonyl (C=O) groups is 4. The van der Waals surface area contributed by atoms with E-state index in [9.17, 15) is 29.4 Å². The Morgan fingerprint density at radius 1 is 0.975 bits per heavy atom. The maximum Gasteiger partial charge on any atom is 0.408 e. The Labute approximate surface area is 231 Å². The van der Waals surface area contributed by atoms with E-state index in [2.05, 4.69) is 10.6 Å². The van der Waals surface area contributed by atoms with Crippen LogP contribution in [0, 0.1) is 0 Å². The number of nitrogens with one attached hydrogen (secondary N) is 2. The van der Waals surface area contributed by atoms with Crippen molar-refractivity contribution in [3.05, 3.63) is 72.3 Å². The number of phenols is 1. The molecule has 11 heteroatoms. The van der Waals surface area contributed by atoms with Gasteiger partial charge >= 0.3 is 6.09 Å². The molecule has 4 amide bonds. The van der Waals surface area contributed by atoms with Gasteiger partial charge < -0.3 is 36.2 Å². The van der Waals surface area contributed by atoms with Gasteiger partial charge in [0, 0.05) is 12.2 Å². The van der Waals surface area contributed by atoms with E-state index in [1.54, 1.807) is 32.9 Å². The average molecular weight is 551 g/mol. The van der Waals surface area contributed by atoms with Crippen LogP contribution in [0.2, 0.25) is 0 Å². The number of primary amides is 1. The molecule has 0 heterocycles. The number of carbonyl (C=O) groups excluding carboxylic acids is 4. The van der Waals surface area contributed by atoms with Crippen LogP contribution in [-0.4, -0.2) is 63.7 Å². The molecule has 0 aliphatic heterocycles. The van der Waals surface area contributed by atoms with Crippen LogP contribution in [0.25, 0.3) is 10.8 Å². The zero-order valence-corrected chi connectivity index (χ0v) is 22.6. The molecule has 11 nitrogen and oxygen atoms in total. The lowest BCUT2D eigenvalue weighted by atomic mass is 10.0. The monoisotopic (exact) mass is 550 g/mol. The summed E-state index contributed by atoms with van der Waals surface area (Å²) in [5.41, 5.74) is 5.25. The van der Waals surface area contributed by atoms with E-state index in [1.165, 1.54) is 24.3 Å². The van der Waals surface area contributed by atoms with Gasteiger partial charge in [0.25, 0.3) is 5.91 Å². The number of hydrogen-bond donors (Lipinski definition) is 5. The van der Waals surface area contributed by atoms with E-state index in [0.29, 0.717) is 11.3 Å². The number of alkyl carbamates (subject to hydrolysis) is 1. The lowest BCUT2D eigenvalue weighted by Gasteiger charge is -2.34. The smallest absolute Gasteiger partial charge is 0.408 e. The highest BCUT2D eigenvalue weighted by Crippen LogP contribution is 2.27. The molecule has 3 aromatic carbocycles. The summed E-state index contributed by atoms with van der Waals surface area (Å²) in [4.78, 5) is 52.9. The molecule has 0 radical (unpaired) electrons.